The van der Waals surface area contributed by atoms with Crippen molar-refractivity contribution in [1.29, 1.82) is 0 Å². The highest BCUT2D eigenvalue weighted by Gasteiger charge is 2.28. The van der Waals surface area contributed by atoms with Crippen molar-refractivity contribution in [3.05, 3.63) is 40.9 Å². The van der Waals surface area contributed by atoms with Gasteiger partial charge in [0.1, 0.15) is 5.78 Å². The second-order valence-electron chi connectivity index (χ2n) is 13.2. The average Bonchev–Trinajstić information content (AvgIpc) is 3.38. The number of sulfone groups is 1. The number of thiazole rings is 1. The first-order valence-corrected chi connectivity index (χ1v) is 18.8. The summed E-state index contributed by atoms with van der Waals surface area (Å²) in [7, 11) is -2.99. The number of carbonyl (C=O) groups excluding carboxylic acids is 3. The number of aromatic nitrogens is 1. The molecule has 1 aromatic carbocycles. The minimum atomic E-state index is -2.99. The molecule has 2 heterocycles. The van der Waals surface area contributed by atoms with Crippen molar-refractivity contribution in [2.75, 3.05) is 31.1 Å². The van der Waals surface area contributed by atoms with Crippen LogP contribution in [0.15, 0.2) is 30.4 Å². The lowest BCUT2D eigenvalue weighted by Crippen LogP contribution is -2.42. The van der Waals surface area contributed by atoms with Gasteiger partial charge in [0.2, 0.25) is 5.91 Å². The van der Waals surface area contributed by atoms with Gasteiger partial charge in [-0.1, -0.05) is 58.6 Å². The molecule has 1 aliphatic heterocycles. The second kappa shape index (κ2) is 15.7. The highest BCUT2D eigenvalue weighted by Crippen LogP contribution is 2.30. The third-order valence-electron chi connectivity index (χ3n) is 9.10. The van der Waals surface area contributed by atoms with Crippen molar-refractivity contribution >= 4 is 48.9 Å². The summed E-state index contributed by atoms with van der Waals surface area (Å²) >= 11 is 1.59. The fourth-order valence-electron chi connectivity index (χ4n) is 6.39. The molecule has 1 aromatic heterocycles. The Morgan fingerprint density at radius 1 is 1.11 bits per heavy atom. The van der Waals surface area contributed by atoms with E-state index in [9.17, 15) is 22.8 Å². The van der Waals surface area contributed by atoms with Gasteiger partial charge in [-0.25, -0.2) is 13.4 Å². The van der Waals surface area contributed by atoms with Gasteiger partial charge < -0.3 is 10.1 Å². The predicted molar refractivity (Wildman–Crippen MR) is 178 cm³/mol. The number of Topliss-reactive ketones (excluding diaryl/α,β-unsaturated/α-hetero) is 2. The van der Waals surface area contributed by atoms with Crippen LogP contribution in [0.1, 0.15) is 95.0 Å². The number of nitrogens with one attached hydrogen (secondary N) is 1. The summed E-state index contributed by atoms with van der Waals surface area (Å²) < 4.78 is 24.6. The molecule has 44 heavy (non-hydrogen) atoms. The van der Waals surface area contributed by atoms with Crippen molar-refractivity contribution in [2.45, 2.75) is 96.9 Å². The molecule has 0 bridgehead atoms. The maximum atomic E-state index is 13.7. The van der Waals surface area contributed by atoms with Crippen LogP contribution in [0, 0.1) is 11.8 Å². The summed E-state index contributed by atoms with van der Waals surface area (Å²) in [6.45, 7) is 11.1. The van der Waals surface area contributed by atoms with Crippen molar-refractivity contribution in [1.82, 2.24) is 15.2 Å². The number of rotatable bonds is 15. The Morgan fingerprint density at radius 3 is 2.48 bits per heavy atom. The first-order chi connectivity index (χ1) is 20.9. The Balaban J connectivity index is 1.40. The summed E-state index contributed by atoms with van der Waals surface area (Å²) in [5, 5.41) is 4.11. The number of fused-ring (bicyclic) bond motifs is 1. The van der Waals surface area contributed by atoms with Gasteiger partial charge in [0.25, 0.3) is 0 Å². The molecule has 242 valence electrons. The van der Waals surface area contributed by atoms with E-state index in [0.29, 0.717) is 49.9 Å². The number of nitrogens with zero attached hydrogens (tertiary/aromatic N) is 2. The van der Waals surface area contributed by atoms with Crippen molar-refractivity contribution in [3.63, 3.8) is 0 Å². The van der Waals surface area contributed by atoms with E-state index >= 15 is 0 Å². The van der Waals surface area contributed by atoms with Crippen LogP contribution in [-0.4, -0.2) is 73.0 Å². The number of hydrogen-bond acceptors (Lipinski definition) is 8. The van der Waals surface area contributed by atoms with Gasteiger partial charge in [-0.3, -0.25) is 14.5 Å². The third kappa shape index (κ3) is 10.3. The minimum Gasteiger partial charge on any atom is -0.353 e. The van der Waals surface area contributed by atoms with Gasteiger partial charge in [-0.15, -0.1) is 11.3 Å². The molecule has 8 nitrogen and oxygen atoms in total. The Morgan fingerprint density at radius 2 is 1.82 bits per heavy atom. The summed E-state index contributed by atoms with van der Waals surface area (Å²) in [5.74, 6) is 0.397. The zero-order chi connectivity index (χ0) is 31.9. The van der Waals surface area contributed by atoms with Crippen LogP contribution in [0.2, 0.25) is 0 Å². The SMILES string of the molecule is C=C(CN1CCS(=O)(=O)CC1)C(=O)CC[C@H](CC1CCCCC1)NC(=O)[C@@H](CC(C)=O)Cc1nc2ccc(C(C)C)cc2s1. The molecule has 0 unspecified atom stereocenters. The quantitative estimate of drug-likeness (QED) is 0.250. The zero-order valence-electron chi connectivity index (χ0n) is 26.6. The standard InChI is InChI=1S/C34H49N3O5S2/c1-23(2)27-10-12-30-32(20-27)43-33(36-30)21-28(18-25(4)38)34(40)35-29(19-26-8-6-5-7-9-26)11-13-31(39)24(3)22-37-14-16-44(41,42)17-15-37/h10,12,20,23,26,28-29H,3,5-9,11,13-19,21-22H2,1-2,4H3,(H,35,40)/t28-,29+/m0/s1. The highest BCUT2D eigenvalue weighted by atomic mass is 32.2. The molecule has 1 saturated heterocycles. The summed E-state index contributed by atoms with van der Waals surface area (Å²) in [5.41, 5.74) is 2.65. The van der Waals surface area contributed by atoms with Crippen LogP contribution in [-0.2, 0) is 30.6 Å². The van der Waals surface area contributed by atoms with E-state index in [1.165, 1.54) is 31.7 Å². The summed E-state index contributed by atoms with van der Waals surface area (Å²) in [6.07, 6.45) is 8.04. The van der Waals surface area contributed by atoms with Crippen LogP contribution in [0.4, 0.5) is 0 Å². The van der Waals surface area contributed by atoms with Crippen molar-refractivity contribution in [2.24, 2.45) is 11.8 Å². The van der Waals surface area contributed by atoms with E-state index in [2.05, 4.69) is 37.9 Å². The molecular formula is C34H49N3O5S2. The van der Waals surface area contributed by atoms with E-state index in [1.54, 1.807) is 11.3 Å². The molecule has 1 aliphatic carbocycles. The number of hydrogen-bond donors (Lipinski definition) is 1. The molecule has 2 aromatic rings. The molecular weight excluding hydrogens is 595 g/mol. The van der Waals surface area contributed by atoms with Crippen LogP contribution < -0.4 is 5.32 Å². The highest BCUT2D eigenvalue weighted by molar-refractivity contribution is 7.91. The Hall–Kier alpha value is -2.43. The molecule has 2 atom stereocenters. The van der Waals surface area contributed by atoms with Crippen LogP contribution in [0.5, 0.6) is 0 Å². The molecule has 1 N–H and O–H groups in total. The Labute approximate surface area is 267 Å². The van der Waals surface area contributed by atoms with E-state index in [0.717, 1.165) is 34.5 Å². The van der Waals surface area contributed by atoms with E-state index < -0.39 is 15.8 Å². The predicted octanol–water partition coefficient (Wildman–Crippen LogP) is 5.65. The van der Waals surface area contributed by atoms with Crippen LogP contribution in [0.25, 0.3) is 10.2 Å². The van der Waals surface area contributed by atoms with Crippen molar-refractivity contribution in [3.8, 4) is 0 Å². The first-order valence-electron chi connectivity index (χ1n) is 16.2. The van der Waals surface area contributed by atoms with E-state index in [4.69, 9.17) is 4.98 Å². The lowest BCUT2D eigenvalue weighted by Gasteiger charge is -2.29. The third-order valence-corrected chi connectivity index (χ3v) is 11.8. The number of carbonyl (C=O) groups is 3. The maximum Gasteiger partial charge on any atom is 0.224 e. The lowest BCUT2D eigenvalue weighted by molar-refractivity contribution is -0.129. The number of amides is 1. The fraction of sp³-hybridized carbons (Fsp3) is 0.647. The second-order valence-corrected chi connectivity index (χ2v) is 16.7. The first kappa shape index (κ1) is 34.4. The molecule has 10 heteroatoms. The molecule has 1 amide bonds. The molecule has 4 rings (SSSR count). The smallest absolute Gasteiger partial charge is 0.224 e. The molecule has 0 spiro atoms. The molecule has 2 aliphatic rings. The van der Waals surface area contributed by atoms with Gasteiger partial charge >= 0.3 is 0 Å². The Kier molecular flexibility index (Phi) is 12.3. The topological polar surface area (TPSA) is 114 Å². The monoisotopic (exact) mass is 643 g/mol. The maximum absolute atomic E-state index is 13.7. The molecule has 1 saturated carbocycles. The van der Waals surface area contributed by atoms with Gasteiger partial charge in [0.05, 0.1) is 32.6 Å². The molecule has 2 fully saturated rings. The fourth-order valence-corrected chi connectivity index (χ4v) is 8.76. The lowest BCUT2D eigenvalue weighted by atomic mass is 9.83. The van der Waals surface area contributed by atoms with E-state index in [1.807, 2.05) is 11.0 Å². The van der Waals surface area contributed by atoms with Crippen LogP contribution in [0.3, 0.4) is 0 Å². The summed E-state index contributed by atoms with van der Waals surface area (Å²) in [6, 6.07) is 6.13. The van der Waals surface area contributed by atoms with Crippen LogP contribution >= 0.6 is 11.3 Å². The van der Waals surface area contributed by atoms with Gasteiger partial charge in [-0.05, 0) is 49.3 Å². The summed E-state index contributed by atoms with van der Waals surface area (Å²) in [4.78, 5) is 45.8. The largest absolute Gasteiger partial charge is 0.353 e. The average molecular weight is 644 g/mol. The van der Waals surface area contributed by atoms with Gasteiger partial charge in [0, 0.05) is 50.5 Å². The minimum absolute atomic E-state index is 0.0332. The normalized spacial score (nSPS) is 19.1. The van der Waals surface area contributed by atoms with Crippen molar-refractivity contribution < 1.29 is 22.8 Å². The zero-order valence-corrected chi connectivity index (χ0v) is 28.2. The number of ketones is 2. The Bertz CT molecular complexity index is 1430. The molecule has 0 radical (unpaired) electrons. The van der Waals surface area contributed by atoms with E-state index in [-0.39, 0.29) is 47.9 Å². The van der Waals surface area contributed by atoms with Gasteiger partial charge in [0.15, 0.2) is 15.6 Å². The van der Waals surface area contributed by atoms with Gasteiger partial charge in [-0.2, -0.15) is 0 Å². The number of benzene rings is 1.